The number of carbonyl (C=O) groups excluding carboxylic acids is 1. The maximum atomic E-state index is 11.5. The highest BCUT2D eigenvalue weighted by Crippen LogP contribution is 2.11. The highest BCUT2D eigenvalue weighted by atomic mass is 16.5. The molecular formula is C12H20N2O4. The van der Waals surface area contributed by atoms with Crippen LogP contribution in [0.15, 0.2) is 22.8 Å². The van der Waals surface area contributed by atoms with Crippen molar-refractivity contribution in [3.05, 3.63) is 24.2 Å². The second-order valence-corrected chi connectivity index (χ2v) is 3.83. The molecule has 1 atom stereocenters. The van der Waals surface area contributed by atoms with Gasteiger partial charge >= 0.3 is 6.03 Å². The molecule has 102 valence electrons. The highest BCUT2D eigenvalue weighted by Gasteiger charge is 2.10. The van der Waals surface area contributed by atoms with E-state index in [1.165, 1.54) is 0 Å². The summed E-state index contributed by atoms with van der Waals surface area (Å²) in [6.07, 6.45) is 2.28. The largest absolute Gasteiger partial charge is 0.467 e. The number of hydrogen-bond acceptors (Lipinski definition) is 4. The number of ether oxygens (including phenoxy) is 1. The Hall–Kier alpha value is -1.53. The average Bonchev–Trinajstić information content (AvgIpc) is 2.87. The van der Waals surface area contributed by atoms with Crippen molar-refractivity contribution in [2.24, 2.45) is 0 Å². The van der Waals surface area contributed by atoms with Crippen LogP contribution in [0.2, 0.25) is 0 Å². The van der Waals surface area contributed by atoms with E-state index in [2.05, 4.69) is 10.6 Å². The van der Waals surface area contributed by atoms with Crippen molar-refractivity contribution < 1.29 is 19.1 Å². The third-order valence-corrected chi connectivity index (χ3v) is 2.30. The second-order valence-electron chi connectivity index (χ2n) is 3.83. The van der Waals surface area contributed by atoms with Crippen molar-refractivity contribution in [2.75, 3.05) is 26.4 Å². The molecule has 0 saturated heterocycles. The monoisotopic (exact) mass is 256 g/mol. The van der Waals surface area contributed by atoms with Crippen LogP contribution in [0.4, 0.5) is 4.79 Å². The lowest BCUT2D eigenvalue weighted by Crippen LogP contribution is -2.37. The van der Waals surface area contributed by atoms with Crippen LogP contribution in [0.1, 0.15) is 25.1 Å². The molecule has 0 aromatic carbocycles. The van der Waals surface area contributed by atoms with Crippen LogP contribution in [0.3, 0.4) is 0 Å². The zero-order valence-electron chi connectivity index (χ0n) is 10.5. The SMILES string of the molecule is CC(NC(=O)NCCCOCCO)c1ccco1. The third-order valence-electron chi connectivity index (χ3n) is 2.30. The summed E-state index contributed by atoms with van der Waals surface area (Å²) in [5.41, 5.74) is 0. The van der Waals surface area contributed by atoms with Gasteiger partial charge in [0.1, 0.15) is 5.76 Å². The van der Waals surface area contributed by atoms with Crippen molar-refractivity contribution in [2.45, 2.75) is 19.4 Å². The van der Waals surface area contributed by atoms with Gasteiger partial charge in [0.25, 0.3) is 0 Å². The van der Waals surface area contributed by atoms with Gasteiger partial charge in [0.15, 0.2) is 0 Å². The van der Waals surface area contributed by atoms with Crippen molar-refractivity contribution >= 4 is 6.03 Å². The summed E-state index contributed by atoms with van der Waals surface area (Å²) in [6.45, 7) is 3.26. The average molecular weight is 256 g/mol. The number of aliphatic hydroxyl groups is 1. The molecule has 6 heteroatoms. The molecule has 1 heterocycles. The molecule has 1 aromatic rings. The van der Waals surface area contributed by atoms with Crippen LogP contribution in [-0.4, -0.2) is 37.5 Å². The Morgan fingerprint density at radius 1 is 1.56 bits per heavy atom. The van der Waals surface area contributed by atoms with E-state index in [0.29, 0.717) is 26.2 Å². The Bertz CT molecular complexity index is 327. The minimum absolute atomic E-state index is 0.0224. The Morgan fingerprint density at radius 2 is 2.39 bits per heavy atom. The zero-order valence-corrected chi connectivity index (χ0v) is 10.5. The molecule has 1 unspecified atom stereocenters. The molecule has 0 bridgehead atoms. The normalized spacial score (nSPS) is 12.1. The summed E-state index contributed by atoms with van der Waals surface area (Å²) >= 11 is 0. The zero-order chi connectivity index (χ0) is 13.2. The highest BCUT2D eigenvalue weighted by molar-refractivity contribution is 5.74. The van der Waals surface area contributed by atoms with Crippen LogP contribution < -0.4 is 10.6 Å². The molecule has 0 saturated carbocycles. The fourth-order valence-corrected chi connectivity index (χ4v) is 1.40. The van der Waals surface area contributed by atoms with Crippen LogP contribution in [0, 0.1) is 0 Å². The maximum Gasteiger partial charge on any atom is 0.315 e. The first-order chi connectivity index (χ1) is 8.74. The standard InChI is InChI=1S/C12H20N2O4/c1-10(11-4-2-8-18-11)14-12(16)13-5-3-7-17-9-6-15/h2,4,8,10,15H,3,5-7,9H2,1H3,(H2,13,14,16). The molecule has 0 radical (unpaired) electrons. The Balaban J connectivity index is 2.07. The summed E-state index contributed by atoms with van der Waals surface area (Å²) in [7, 11) is 0. The van der Waals surface area contributed by atoms with Gasteiger partial charge in [-0.3, -0.25) is 0 Å². The Kier molecular flexibility index (Phi) is 6.90. The van der Waals surface area contributed by atoms with E-state index >= 15 is 0 Å². The van der Waals surface area contributed by atoms with Crippen molar-refractivity contribution in [1.82, 2.24) is 10.6 Å². The van der Waals surface area contributed by atoms with E-state index in [9.17, 15) is 4.79 Å². The van der Waals surface area contributed by atoms with Gasteiger partial charge in [0.2, 0.25) is 0 Å². The molecule has 0 aliphatic carbocycles. The summed E-state index contributed by atoms with van der Waals surface area (Å²) in [6, 6.07) is 3.20. The fraction of sp³-hybridized carbons (Fsp3) is 0.583. The smallest absolute Gasteiger partial charge is 0.315 e. The molecule has 6 nitrogen and oxygen atoms in total. The quantitative estimate of drug-likeness (QED) is 0.607. The van der Waals surface area contributed by atoms with E-state index in [0.717, 1.165) is 5.76 Å². The van der Waals surface area contributed by atoms with Crippen LogP contribution >= 0.6 is 0 Å². The molecule has 0 aliphatic rings. The Labute approximate surface area is 106 Å². The van der Waals surface area contributed by atoms with Gasteiger partial charge in [0, 0.05) is 13.2 Å². The van der Waals surface area contributed by atoms with Gasteiger partial charge in [-0.15, -0.1) is 0 Å². The van der Waals surface area contributed by atoms with E-state index in [4.69, 9.17) is 14.3 Å². The number of aliphatic hydroxyl groups excluding tert-OH is 1. The van der Waals surface area contributed by atoms with Gasteiger partial charge in [-0.1, -0.05) is 0 Å². The lowest BCUT2D eigenvalue weighted by Gasteiger charge is -2.12. The van der Waals surface area contributed by atoms with E-state index in [1.54, 1.807) is 12.3 Å². The van der Waals surface area contributed by atoms with Gasteiger partial charge in [-0.25, -0.2) is 4.79 Å². The minimum Gasteiger partial charge on any atom is -0.467 e. The molecule has 3 N–H and O–H groups in total. The number of amides is 2. The summed E-state index contributed by atoms with van der Waals surface area (Å²) in [4.78, 5) is 11.5. The van der Waals surface area contributed by atoms with Gasteiger partial charge in [-0.2, -0.15) is 0 Å². The number of urea groups is 1. The van der Waals surface area contributed by atoms with Crippen LogP contribution in [0.5, 0.6) is 0 Å². The summed E-state index contributed by atoms with van der Waals surface area (Å²) in [5, 5.41) is 14.0. The number of furan rings is 1. The van der Waals surface area contributed by atoms with Crippen molar-refractivity contribution in [3.63, 3.8) is 0 Å². The first kappa shape index (κ1) is 14.5. The fourth-order valence-electron chi connectivity index (χ4n) is 1.40. The number of hydrogen-bond donors (Lipinski definition) is 3. The number of nitrogens with one attached hydrogen (secondary N) is 2. The van der Waals surface area contributed by atoms with Gasteiger partial charge in [0.05, 0.1) is 25.5 Å². The maximum absolute atomic E-state index is 11.5. The lowest BCUT2D eigenvalue weighted by molar-refractivity contribution is 0.0909. The van der Waals surface area contributed by atoms with Crippen LogP contribution in [0.25, 0.3) is 0 Å². The molecular weight excluding hydrogens is 236 g/mol. The molecule has 2 amide bonds. The number of carbonyl (C=O) groups is 1. The van der Waals surface area contributed by atoms with Gasteiger partial charge < -0.3 is 24.9 Å². The lowest BCUT2D eigenvalue weighted by atomic mass is 10.2. The molecule has 1 rings (SSSR count). The minimum atomic E-state index is -0.235. The van der Waals surface area contributed by atoms with E-state index < -0.39 is 0 Å². The van der Waals surface area contributed by atoms with Crippen molar-refractivity contribution in [3.8, 4) is 0 Å². The topological polar surface area (TPSA) is 83.7 Å². The molecule has 0 aliphatic heterocycles. The first-order valence-corrected chi connectivity index (χ1v) is 6.00. The second kappa shape index (κ2) is 8.54. The molecule has 0 fully saturated rings. The number of rotatable bonds is 8. The van der Waals surface area contributed by atoms with Gasteiger partial charge in [-0.05, 0) is 25.5 Å². The van der Waals surface area contributed by atoms with Crippen LogP contribution in [-0.2, 0) is 4.74 Å². The predicted octanol–water partition coefficient (Wildman–Crippen LogP) is 1.04. The molecule has 0 spiro atoms. The van der Waals surface area contributed by atoms with E-state index in [1.807, 2.05) is 13.0 Å². The predicted molar refractivity (Wildman–Crippen MR) is 66.2 cm³/mol. The summed E-state index contributed by atoms with van der Waals surface area (Å²) < 4.78 is 10.2. The van der Waals surface area contributed by atoms with E-state index in [-0.39, 0.29) is 18.7 Å². The summed E-state index contributed by atoms with van der Waals surface area (Å²) in [5.74, 6) is 0.719. The van der Waals surface area contributed by atoms with Crippen molar-refractivity contribution in [1.29, 1.82) is 0 Å². The third kappa shape index (κ3) is 5.70. The Morgan fingerprint density at radius 3 is 3.06 bits per heavy atom. The first-order valence-electron chi connectivity index (χ1n) is 6.00. The molecule has 18 heavy (non-hydrogen) atoms. The molecule has 1 aromatic heterocycles.